The smallest absolute Gasteiger partial charge is 0.332 e. The van der Waals surface area contributed by atoms with Crippen molar-refractivity contribution < 1.29 is 5.11 Å². The Bertz CT molecular complexity index is 1480. The van der Waals surface area contributed by atoms with Crippen LogP contribution in [0.25, 0.3) is 33.0 Å². The fraction of sp³-hybridized carbons (Fsp3) is 0.227. The van der Waals surface area contributed by atoms with Crippen molar-refractivity contribution in [3.05, 3.63) is 75.7 Å². The number of para-hydroxylation sites is 2. The lowest BCUT2D eigenvalue weighted by Crippen LogP contribution is -2.38. The van der Waals surface area contributed by atoms with E-state index in [0.717, 1.165) is 26.4 Å². The van der Waals surface area contributed by atoms with E-state index in [4.69, 9.17) is 0 Å². The summed E-state index contributed by atoms with van der Waals surface area (Å²) >= 11 is 0. The fourth-order valence-electron chi connectivity index (χ4n) is 4.23. The van der Waals surface area contributed by atoms with Crippen LogP contribution in [-0.4, -0.2) is 34.5 Å². The summed E-state index contributed by atoms with van der Waals surface area (Å²) in [7, 11) is 3.02. The molecule has 3 aromatic heterocycles. The summed E-state index contributed by atoms with van der Waals surface area (Å²) in [4.78, 5) is 29.0. The van der Waals surface area contributed by atoms with Gasteiger partial charge in [-0.3, -0.25) is 13.9 Å². The third-order valence-electron chi connectivity index (χ3n) is 5.70. The highest BCUT2D eigenvalue weighted by atomic mass is 16.3. The van der Waals surface area contributed by atoms with Gasteiger partial charge >= 0.3 is 5.69 Å². The van der Waals surface area contributed by atoms with E-state index in [2.05, 4.69) is 21.7 Å². The van der Waals surface area contributed by atoms with Gasteiger partial charge in [-0.25, -0.2) is 9.78 Å². The van der Waals surface area contributed by atoms with Crippen LogP contribution >= 0.6 is 0 Å². The van der Waals surface area contributed by atoms with E-state index >= 15 is 0 Å². The lowest BCUT2D eigenvalue weighted by Gasteiger charge is -2.15. The molecule has 8 heteroatoms. The van der Waals surface area contributed by atoms with Gasteiger partial charge in [0, 0.05) is 35.9 Å². The Kier molecular flexibility index (Phi) is 4.11. The summed E-state index contributed by atoms with van der Waals surface area (Å²) in [6.45, 7) is 0.546. The Labute approximate surface area is 170 Å². The lowest BCUT2D eigenvalue weighted by molar-refractivity contribution is 0.138. The average Bonchev–Trinajstić information content (AvgIpc) is 3.31. The maximum absolute atomic E-state index is 12.6. The van der Waals surface area contributed by atoms with Gasteiger partial charge in [-0.15, -0.1) is 0 Å². The Balaban J connectivity index is 1.56. The molecule has 0 radical (unpaired) electrons. The third kappa shape index (κ3) is 2.61. The highest BCUT2D eigenvalue weighted by Crippen LogP contribution is 2.29. The number of fused-ring (bicyclic) bond motifs is 4. The van der Waals surface area contributed by atoms with Crippen molar-refractivity contribution in [1.29, 1.82) is 0 Å². The van der Waals surface area contributed by atoms with E-state index in [1.165, 1.54) is 17.9 Å². The molecule has 5 aromatic rings. The monoisotopic (exact) mass is 403 g/mol. The second-order valence-electron chi connectivity index (χ2n) is 7.57. The number of aryl methyl sites for hydroxylation is 1. The first-order valence-corrected chi connectivity index (χ1v) is 9.72. The zero-order valence-corrected chi connectivity index (χ0v) is 16.7. The highest BCUT2D eigenvalue weighted by molar-refractivity contribution is 6.07. The molecule has 0 aliphatic heterocycles. The second-order valence-corrected chi connectivity index (χ2v) is 7.57. The zero-order valence-electron chi connectivity index (χ0n) is 16.7. The molecule has 30 heavy (non-hydrogen) atoms. The Morgan fingerprint density at radius 3 is 2.13 bits per heavy atom. The van der Waals surface area contributed by atoms with Crippen molar-refractivity contribution in [1.82, 2.24) is 23.3 Å². The summed E-state index contributed by atoms with van der Waals surface area (Å²) in [5.41, 5.74) is 1.87. The Hall–Kier alpha value is -3.65. The summed E-state index contributed by atoms with van der Waals surface area (Å²) < 4.78 is 6.12. The van der Waals surface area contributed by atoms with Crippen molar-refractivity contribution in [2.45, 2.75) is 19.2 Å². The third-order valence-corrected chi connectivity index (χ3v) is 5.70. The number of imidazole rings is 1. The van der Waals surface area contributed by atoms with Gasteiger partial charge in [-0.1, -0.05) is 36.4 Å². The molecule has 8 nitrogen and oxygen atoms in total. The van der Waals surface area contributed by atoms with Gasteiger partial charge < -0.3 is 14.2 Å². The quantitative estimate of drug-likeness (QED) is 0.494. The molecule has 1 N–H and O–H groups in total. The van der Waals surface area contributed by atoms with Crippen molar-refractivity contribution in [2.24, 2.45) is 14.1 Å². The normalized spacial score (nSPS) is 12.9. The minimum atomic E-state index is -0.761. The molecular formula is C22H21N5O3. The Morgan fingerprint density at radius 1 is 0.900 bits per heavy atom. The molecule has 0 unspecified atom stereocenters. The largest absolute Gasteiger partial charge is 0.389 e. The van der Waals surface area contributed by atoms with Crippen LogP contribution in [0.1, 0.15) is 0 Å². The summed E-state index contributed by atoms with van der Waals surface area (Å²) in [6, 6.07) is 16.2. The second kappa shape index (κ2) is 6.70. The molecule has 0 bridgehead atoms. The number of aliphatic hydroxyl groups excluding tert-OH is 1. The maximum Gasteiger partial charge on any atom is 0.332 e. The molecule has 0 aliphatic rings. The number of nitrogens with zero attached hydrogens (tertiary/aromatic N) is 5. The van der Waals surface area contributed by atoms with Gasteiger partial charge in [0.2, 0.25) is 0 Å². The highest BCUT2D eigenvalue weighted by Gasteiger charge is 2.18. The molecule has 0 spiro atoms. The van der Waals surface area contributed by atoms with Gasteiger partial charge in [-0.2, -0.15) is 0 Å². The minimum absolute atomic E-state index is 0.185. The Morgan fingerprint density at radius 2 is 1.50 bits per heavy atom. The lowest BCUT2D eigenvalue weighted by atomic mass is 10.2. The van der Waals surface area contributed by atoms with E-state index in [9.17, 15) is 14.7 Å². The number of hydrogen-bond donors (Lipinski definition) is 1. The fourth-order valence-corrected chi connectivity index (χ4v) is 4.23. The van der Waals surface area contributed by atoms with Crippen LogP contribution < -0.4 is 11.2 Å². The molecule has 0 saturated heterocycles. The van der Waals surface area contributed by atoms with Gasteiger partial charge in [0.25, 0.3) is 5.56 Å². The molecule has 0 aliphatic carbocycles. The first-order valence-electron chi connectivity index (χ1n) is 9.72. The summed E-state index contributed by atoms with van der Waals surface area (Å²) in [5.74, 6) is 0. The van der Waals surface area contributed by atoms with E-state index in [1.807, 2.05) is 36.4 Å². The minimum Gasteiger partial charge on any atom is -0.389 e. The molecule has 0 amide bonds. The van der Waals surface area contributed by atoms with Crippen LogP contribution in [0.15, 0.2) is 64.4 Å². The topological polar surface area (TPSA) is 87.0 Å². The first-order chi connectivity index (χ1) is 14.5. The molecule has 2 aromatic carbocycles. The zero-order chi connectivity index (χ0) is 21.0. The van der Waals surface area contributed by atoms with Gasteiger partial charge in [0.05, 0.1) is 25.5 Å². The number of hydrogen-bond acceptors (Lipinski definition) is 4. The van der Waals surface area contributed by atoms with E-state index in [-0.39, 0.29) is 6.54 Å². The van der Waals surface area contributed by atoms with Gasteiger partial charge in [-0.05, 0) is 12.1 Å². The van der Waals surface area contributed by atoms with E-state index in [0.29, 0.717) is 17.7 Å². The predicted octanol–water partition coefficient (Wildman–Crippen LogP) is 1.60. The molecule has 5 rings (SSSR count). The van der Waals surface area contributed by atoms with Crippen LogP contribution in [0.2, 0.25) is 0 Å². The predicted molar refractivity (Wildman–Crippen MR) is 116 cm³/mol. The molecule has 0 saturated carbocycles. The average molecular weight is 403 g/mol. The van der Waals surface area contributed by atoms with Crippen LogP contribution in [-0.2, 0) is 27.2 Å². The van der Waals surface area contributed by atoms with Crippen molar-refractivity contribution >= 4 is 33.0 Å². The molecule has 3 heterocycles. The van der Waals surface area contributed by atoms with Gasteiger partial charge in [0.15, 0.2) is 11.2 Å². The SMILES string of the molecule is Cn1c(=O)c2c(ncn2C[C@H](O)Cn2c3ccccc3c3ccccc32)n(C)c1=O. The molecule has 0 fully saturated rings. The molecule has 152 valence electrons. The number of benzene rings is 2. The van der Waals surface area contributed by atoms with Crippen LogP contribution in [0.5, 0.6) is 0 Å². The number of rotatable bonds is 4. The maximum atomic E-state index is 12.6. The van der Waals surface area contributed by atoms with Gasteiger partial charge in [0.1, 0.15) is 0 Å². The van der Waals surface area contributed by atoms with E-state index < -0.39 is 17.4 Å². The van der Waals surface area contributed by atoms with Crippen molar-refractivity contribution in [3.8, 4) is 0 Å². The number of aliphatic hydroxyl groups is 1. The van der Waals surface area contributed by atoms with Crippen molar-refractivity contribution in [3.63, 3.8) is 0 Å². The summed E-state index contributed by atoms with van der Waals surface area (Å²) in [5, 5.41) is 13.2. The van der Waals surface area contributed by atoms with Crippen molar-refractivity contribution in [2.75, 3.05) is 0 Å². The first kappa shape index (κ1) is 18.4. The standard InChI is InChI=1S/C22H21N5O3/c1-24-20-19(21(29)25(2)22(24)30)26(13-23-20)11-14(28)12-27-17-9-5-3-7-15(17)16-8-4-6-10-18(16)27/h3-10,13-14,28H,11-12H2,1-2H3/t14-/m0/s1. The van der Waals surface area contributed by atoms with E-state index in [1.54, 1.807) is 11.6 Å². The number of aromatic nitrogens is 5. The molecule has 1 atom stereocenters. The van der Waals surface area contributed by atoms with Crippen LogP contribution in [0.3, 0.4) is 0 Å². The summed E-state index contributed by atoms with van der Waals surface area (Å²) in [6.07, 6.45) is 0.740. The molecular weight excluding hydrogens is 382 g/mol. The van der Waals surface area contributed by atoms with Crippen LogP contribution in [0.4, 0.5) is 0 Å². The van der Waals surface area contributed by atoms with Crippen LogP contribution in [0, 0.1) is 0 Å².